The highest BCUT2D eigenvalue weighted by Crippen LogP contribution is 2.36. The van der Waals surface area contributed by atoms with Crippen molar-refractivity contribution in [3.05, 3.63) is 77.4 Å². The molecule has 1 atom stereocenters. The van der Waals surface area contributed by atoms with Crippen molar-refractivity contribution in [1.29, 1.82) is 0 Å². The van der Waals surface area contributed by atoms with E-state index in [1.807, 2.05) is 12.1 Å². The second-order valence-electron chi connectivity index (χ2n) is 5.14. The van der Waals surface area contributed by atoms with E-state index in [1.165, 1.54) is 11.1 Å². The standard InChI is InChI=1S/C18H17NO/c1-13(20)19-18-12-15(11-14-7-3-2-4-8-14)16-9-5-6-10-17(16)18/h2-10,12,15H,11H2,1H3,(H,19,20). The fraction of sp³-hybridized carbons (Fsp3) is 0.167. The Kier molecular flexibility index (Phi) is 3.38. The molecule has 1 aliphatic carbocycles. The van der Waals surface area contributed by atoms with Crippen LogP contribution in [-0.2, 0) is 11.2 Å². The number of carbonyl (C=O) groups is 1. The number of hydrogen-bond acceptors (Lipinski definition) is 1. The Labute approximate surface area is 119 Å². The lowest BCUT2D eigenvalue weighted by Crippen LogP contribution is -2.17. The summed E-state index contributed by atoms with van der Waals surface area (Å²) in [5.41, 5.74) is 4.69. The molecule has 1 amide bonds. The van der Waals surface area contributed by atoms with Crippen LogP contribution in [0.3, 0.4) is 0 Å². The molecule has 2 aromatic rings. The van der Waals surface area contributed by atoms with Crippen LogP contribution in [-0.4, -0.2) is 5.91 Å². The first-order valence-corrected chi connectivity index (χ1v) is 6.86. The molecule has 1 unspecified atom stereocenters. The number of allylic oxidation sites excluding steroid dienone is 1. The normalized spacial score (nSPS) is 16.4. The van der Waals surface area contributed by atoms with Crippen LogP contribution in [0.4, 0.5) is 0 Å². The average molecular weight is 263 g/mol. The van der Waals surface area contributed by atoms with Gasteiger partial charge in [0.05, 0.1) is 0 Å². The van der Waals surface area contributed by atoms with E-state index in [-0.39, 0.29) is 5.91 Å². The van der Waals surface area contributed by atoms with Crippen molar-refractivity contribution < 1.29 is 4.79 Å². The third kappa shape index (κ3) is 2.50. The number of carbonyl (C=O) groups excluding carboxylic acids is 1. The molecule has 0 aliphatic heterocycles. The zero-order valence-electron chi connectivity index (χ0n) is 11.5. The molecule has 0 saturated carbocycles. The van der Waals surface area contributed by atoms with Gasteiger partial charge >= 0.3 is 0 Å². The third-order valence-electron chi connectivity index (χ3n) is 3.63. The van der Waals surface area contributed by atoms with Gasteiger partial charge in [0.25, 0.3) is 0 Å². The third-order valence-corrected chi connectivity index (χ3v) is 3.63. The highest BCUT2D eigenvalue weighted by molar-refractivity contribution is 5.87. The lowest BCUT2D eigenvalue weighted by molar-refractivity contribution is -0.117. The Morgan fingerprint density at radius 2 is 1.75 bits per heavy atom. The largest absolute Gasteiger partial charge is 0.326 e. The highest BCUT2D eigenvalue weighted by Gasteiger charge is 2.23. The van der Waals surface area contributed by atoms with E-state index >= 15 is 0 Å². The molecular formula is C18H17NO. The van der Waals surface area contributed by atoms with Crippen molar-refractivity contribution in [2.24, 2.45) is 0 Å². The van der Waals surface area contributed by atoms with Gasteiger partial charge in [-0.15, -0.1) is 0 Å². The number of hydrogen-bond donors (Lipinski definition) is 1. The highest BCUT2D eigenvalue weighted by atomic mass is 16.1. The van der Waals surface area contributed by atoms with Crippen LogP contribution in [0.15, 0.2) is 60.7 Å². The van der Waals surface area contributed by atoms with E-state index in [0.717, 1.165) is 17.7 Å². The monoisotopic (exact) mass is 263 g/mol. The minimum absolute atomic E-state index is 0.0218. The molecule has 100 valence electrons. The minimum atomic E-state index is -0.0218. The Morgan fingerprint density at radius 3 is 2.50 bits per heavy atom. The minimum Gasteiger partial charge on any atom is -0.326 e. The molecule has 0 aromatic heterocycles. The van der Waals surface area contributed by atoms with Crippen LogP contribution < -0.4 is 5.32 Å². The fourth-order valence-electron chi connectivity index (χ4n) is 2.78. The summed E-state index contributed by atoms with van der Waals surface area (Å²) in [5, 5.41) is 2.94. The van der Waals surface area contributed by atoms with Crippen molar-refractivity contribution >= 4 is 11.6 Å². The summed E-state index contributed by atoms with van der Waals surface area (Å²) in [7, 11) is 0. The zero-order chi connectivity index (χ0) is 13.9. The van der Waals surface area contributed by atoms with E-state index in [2.05, 4.69) is 53.9 Å². The van der Waals surface area contributed by atoms with E-state index in [9.17, 15) is 4.79 Å². The molecule has 0 heterocycles. The van der Waals surface area contributed by atoms with Crippen LogP contribution >= 0.6 is 0 Å². The summed E-state index contributed by atoms with van der Waals surface area (Å²) in [6, 6.07) is 18.7. The summed E-state index contributed by atoms with van der Waals surface area (Å²) in [5.74, 6) is 0.307. The number of rotatable bonds is 3. The topological polar surface area (TPSA) is 29.1 Å². The van der Waals surface area contributed by atoms with Gasteiger partial charge in [-0.3, -0.25) is 4.79 Å². The lowest BCUT2D eigenvalue weighted by atomic mass is 9.94. The van der Waals surface area contributed by atoms with Gasteiger partial charge in [-0.1, -0.05) is 60.7 Å². The molecule has 0 spiro atoms. The molecular weight excluding hydrogens is 246 g/mol. The van der Waals surface area contributed by atoms with Crippen LogP contribution in [0, 0.1) is 0 Å². The van der Waals surface area contributed by atoms with E-state index in [0.29, 0.717) is 5.92 Å². The first kappa shape index (κ1) is 12.7. The Hall–Kier alpha value is -2.35. The molecule has 1 N–H and O–H groups in total. The lowest BCUT2D eigenvalue weighted by Gasteiger charge is -2.10. The second kappa shape index (κ2) is 5.33. The van der Waals surface area contributed by atoms with Crippen molar-refractivity contribution in [2.75, 3.05) is 0 Å². The molecule has 20 heavy (non-hydrogen) atoms. The molecule has 1 aliphatic rings. The zero-order valence-corrected chi connectivity index (χ0v) is 11.5. The SMILES string of the molecule is CC(=O)NC1=CC(Cc2ccccc2)c2ccccc21. The molecule has 0 fully saturated rings. The van der Waals surface area contributed by atoms with E-state index < -0.39 is 0 Å². The van der Waals surface area contributed by atoms with Crippen LogP contribution in [0.25, 0.3) is 5.70 Å². The van der Waals surface area contributed by atoms with Gasteiger partial charge in [-0.25, -0.2) is 0 Å². The summed E-state index contributed by atoms with van der Waals surface area (Å²) >= 11 is 0. The summed E-state index contributed by atoms with van der Waals surface area (Å²) in [6.45, 7) is 1.55. The maximum Gasteiger partial charge on any atom is 0.221 e. The maximum atomic E-state index is 11.3. The van der Waals surface area contributed by atoms with Gasteiger partial charge in [0.2, 0.25) is 5.91 Å². The first-order valence-electron chi connectivity index (χ1n) is 6.86. The molecule has 3 rings (SSSR count). The Morgan fingerprint density at radius 1 is 1.05 bits per heavy atom. The van der Waals surface area contributed by atoms with Crippen LogP contribution in [0.1, 0.15) is 29.5 Å². The number of nitrogens with one attached hydrogen (secondary N) is 1. The Bertz CT molecular complexity index is 658. The Balaban J connectivity index is 1.92. The van der Waals surface area contributed by atoms with Crippen LogP contribution in [0.5, 0.6) is 0 Å². The van der Waals surface area contributed by atoms with Gasteiger partial charge in [-0.05, 0) is 17.5 Å². The van der Waals surface area contributed by atoms with Crippen LogP contribution in [0.2, 0.25) is 0 Å². The average Bonchev–Trinajstić information content (AvgIpc) is 2.78. The van der Waals surface area contributed by atoms with Gasteiger partial charge in [-0.2, -0.15) is 0 Å². The molecule has 2 heteroatoms. The summed E-state index contributed by atoms with van der Waals surface area (Å²) in [4.78, 5) is 11.3. The number of amides is 1. The first-order chi connectivity index (χ1) is 9.74. The van der Waals surface area contributed by atoms with Gasteiger partial charge in [0.15, 0.2) is 0 Å². The van der Waals surface area contributed by atoms with Gasteiger partial charge in [0.1, 0.15) is 0 Å². The number of fused-ring (bicyclic) bond motifs is 1. The van der Waals surface area contributed by atoms with E-state index in [1.54, 1.807) is 6.92 Å². The molecule has 2 aromatic carbocycles. The predicted octanol–water partition coefficient (Wildman–Crippen LogP) is 3.50. The quantitative estimate of drug-likeness (QED) is 0.902. The second-order valence-corrected chi connectivity index (χ2v) is 5.14. The van der Waals surface area contributed by atoms with E-state index in [4.69, 9.17) is 0 Å². The van der Waals surface area contributed by atoms with Crippen molar-refractivity contribution in [3.8, 4) is 0 Å². The summed E-state index contributed by atoms with van der Waals surface area (Å²) in [6.07, 6.45) is 3.13. The molecule has 0 saturated heterocycles. The predicted molar refractivity (Wildman–Crippen MR) is 81.1 cm³/mol. The van der Waals surface area contributed by atoms with Gasteiger partial charge < -0.3 is 5.32 Å². The van der Waals surface area contributed by atoms with Crippen molar-refractivity contribution in [3.63, 3.8) is 0 Å². The maximum absolute atomic E-state index is 11.3. The molecule has 2 nitrogen and oxygen atoms in total. The molecule has 0 bridgehead atoms. The molecule has 0 radical (unpaired) electrons. The number of benzene rings is 2. The fourth-order valence-corrected chi connectivity index (χ4v) is 2.78. The summed E-state index contributed by atoms with van der Waals surface area (Å²) < 4.78 is 0. The van der Waals surface area contributed by atoms with Gasteiger partial charge in [0, 0.05) is 24.1 Å². The van der Waals surface area contributed by atoms with Crippen molar-refractivity contribution in [1.82, 2.24) is 5.32 Å². The smallest absolute Gasteiger partial charge is 0.221 e. The van der Waals surface area contributed by atoms with Crippen molar-refractivity contribution in [2.45, 2.75) is 19.3 Å².